The molecule has 0 fully saturated rings. The Morgan fingerprint density at radius 1 is 1.24 bits per heavy atom. The van der Waals surface area contributed by atoms with E-state index in [2.05, 4.69) is 21.6 Å². The first-order valence-corrected chi connectivity index (χ1v) is 10.1. The molecule has 3 aromatic rings. The number of aromatic nitrogens is 1. The van der Waals surface area contributed by atoms with Crippen LogP contribution in [0.3, 0.4) is 0 Å². The second-order valence-corrected chi connectivity index (χ2v) is 7.35. The Hall–Kier alpha value is -3.37. The van der Waals surface area contributed by atoms with Crippen LogP contribution in [0.5, 0.6) is 0 Å². The Morgan fingerprint density at radius 3 is 2.83 bits per heavy atom. The van der Waals surface area contributed by atoms with E-state index in [1.54, 1.807) is 12.4 Å². The molecule has 6 nitrogen and oxygen atoms in total. The van der Waals surface area contributed by atoms with Crippen molar-refractivity contribution < 1.29 is 4.79 Å². The van der Waals surface area contributed by atoms with Gasteiger partial charge in [0.15, 0.2) is 0 Å². The fourth-order valence-corrected chi connectivity index (χ4v) is 3.54. The molecule has 0 atom stereocenters. The Labute approximate surface area is 174 Å². The van der Waals surface area contributed by atoms with Crippen molar-refractivity contribution in [1.29, 1.82) is 5.26 Å². The SMILES string of the molecule is CN(CCC#N)c1ccc(/C=N\NC(=O)CSc2cccc3cccnc23)cc1. The van der Waals surface area contributed by atoms with E-state index >= 15 is 0 Å². The molecule has 0 aliphatic carbocycles. The summed E-state index contributed by atoms with van der Waals surface area (Å²) < 4.78 is 0. The molecule has 0 unspecified atom stereocenters. The third-order valence-corrected chi connectivity index (χ3v) is 5.30. The molecule has 1 N–H and O–H groups in total. The molecule has 2 aromatic carbocycles. The highest BCUT2D eigenvalue weighted by Crippen LogP contribution is 2.25. The van der Waals surface area contributed by atoms with E-state index in [4.69, 9.17) is 5.26 Å². The van der Waals surface area contributed by atoms with Crippen LogP contribution in [0.4, 0.5) is 5.69 Å². The first kappa shape index (κ1) is 20.4. The third-order valence-electron chi connectivity index (χ3n) is 4.25. The summed E-state index contributed by atoms with van der Waals surface area (Å²) >= 11 is 1.44. The van der Waals surface area contributed by atoms with Gasteiger partial charge in [-0.15, -0.1) is 11.8 Å². The van der Waals surface area contributed by atoms with Crippen LogP contribution in [0, 0.1) is 11.3 Å². The minimum absolute atomic E-state index is 0.174. The van der Waals surface area contributed by atoms with Gasteiger partial charge in [-0.2, -0.15) is 10.4 Å². The van der Waals surface area contributed by atoms with E-state index in [0.717, 1.165) is 27.0 Å². The molecule has 1 heterocycles. The number of nitriles is 1. The maximum Gasteiger partial charge on any atom is 0.250 e. The van der Waals surface area contributed by atoms with Crippen molar-refractivity contribution >= 4 is 40.5 Å². The van der Waals surface area contributed by atoms with Crippen LogP contribution < -0.4 is 10.3 Å². The maximum atomic E-state index is 12.1. The van der Waals surface area contributed by atoms with E-state index in [1.807, 2.05) is 66.5 Å². The molecule has 0 saturated carbocycles. The summed E-state index contributed by atoms with van der Waals surface area (Å²) in [5, 5.41) is 13.7. The van der Waals surface area contributed by atoms with Gasteiger partial charge >= 0.3 is 0 Å². The lowest BCUT2D eigenvalue weighted by atomic mass is 10.2. The highest BCUT2D eigenvalue weighted by atomic mass is 32.2. The molecular formula is C22H21N5OS. The van der Waals surface area contributed by atoms with Crippen LogP contribution in [0.15, 0.2) is 70.8 Å². The lowest BCUT2D eigenvalue weighted by Gasteiger charge is -2.17. The molecule has 146 valence electrons. The Morgan fingerprint density at radius 2 is 2.03 bits per heavy atom. The number of rotatable bonds is 8. The minimum Gasteiger partial charge on any atom is -0.374 e. The first-order chi connectivity index (χ1) is 14.2. The van der Waals surface area contributed by atoms with E-state index in [0.29, 0.717) is 13.0 Å². The largest absolute Gasteiger partial charge is 0.374 e. The summed E-state index contributed by atoms with van der Waals surface area (Å²) in [5.41, 5.74) is 5.37. The van der Waals surface area contributed by atoms with Crippen molar-refractivity contribution in [2.75, 3.05) is 24.2 Å². The average Bonchev–Trinajstić information content (AvgIpc) is 2.76. The van der Waals surface area contributed by atoms with Gasteiger partial charge in [-0.05, 0) is 29.8 Å². The molecule has 7 heteroatoms. The molecule has 29 heavy (non-hydrogen) atoms. The van der Waals surface area contributed by atoms with Crippen molar-refractivity contribution in [3.05, 3.63) is 66.4 Å². The number of amides is 1. The molecule has 1 amide bonds. The van der Waals surface area contributed by atoms with Gasteiger partial charge in [0.05, 0.1) is 30.0 Å². The second-order valence-electron chi connectivity index (χ2n) is 6.33. The number of hydrazone groups is 1. The molecule has 0 aliphatic rings. The highest BCUT2D eigenvalue weighted by molar-refractivity contribution is 8.00. The van der Waals surface area contributed by atoms with Crippen molar-refractivity contribution in [1.82, 2.24) is 10.4 Å². The van der Waals surface area contributed by atoms with Crippen molar-refractivity contribution in [2.24, 2.45) is 5.10 Å². The number of nitrogens with one attached hydrogen (secondary N) is 1. The number of hydrogen-bond acceptors (Lipinski definition) is 6. The number of pyridine rings is 1. The van der Waals surface area contributed by atoms with Gasteiger partial charge < -0.3 is 4.90 Å². The van der Waals surface area contributed by atoms with Gasteiger partial charge in [-0.25, -0.2) is 5.43 Å². The number of anilines is 1. The fourth-order valence-electron chi connectivity index (χ4n) is 2.71. The smallest absolute Gasteiger partial charge is 0.250 e. The summed E-state index contributed by atoms with van der Waals surface area (Å²) in [6.07, 6.45) is 3.85. The highest BCUT2D eigenvalue weighted by Gasteiger charge is 2.06. The average molecular weight is 404 g/mol. The molecule has 0 aliphatic heterocycles. The Balaban J connectivity index is 1.50. The molecule has 0 saturated heterocycles. The van der Waals surface area contributed by atoms with Crippen LogP contribution in [0.2, 0.25) is 0 Å². The van der Waals surface area contributed by atoms with E-state index in [-0.39, 0.29) is 11.7 Å². The number of carbonyl (C=O) groups excluding carboxylic acids is 1. The lowest BCUT2D eigenvalue weighted by Crippen LogP contribution is -2.19. The monoisotopic (exact) mass is 403 g/mol. The second kappa shape index (κ2) is 10.2. The van der Waals surface area contributed by atoms with Gasteiger partial charge in [0.2, 0.25) is 5.91 Å². The Kier molecular flexibility index (Phi) is 7.20. The van der Waals surface area contributed by atoms with Crippen LogP contribution in [0.25, 0.3) is 10.9 Å². The number of carbonyl (C=O) groups is 1. The summed E-state index contributed by atoms with van der Waals surface area (Å²) in [4.78, 5) is 19.5. The minimum atomic E-state index is -0.174. The third kappa shape index (κ3) is 5.80. The van der Waals surface area contributed by atoms with E-state index < -0.39 is 0 Å². The van der Waals surface area contributed by atoms with Crippen LogP contribution >= 0.6 is 11.8 Å². The molecular weight excluding hydrogens is 382 g/mol. The zero-order valence-electron chi connectivity index (χ0n) is 16.1. The number of thioether (sulfide) groups is 1. The number of para-hydroxylation sites is 1. The quantitative estimate of drug-likeness (QED) is 0.351. The lowest BCUT2D eigenvalue weighted by molar-refractivity contribution is -0.118. The first-order valence-electron chi connectivity index (χ1n) is 9.14. The standard InChI is InChI=1S/C22H21N5OS/c1-27(14-4-12-23)19-10-8-17(9-11-19)15-25-26-21(28)16-29-20-7-2-5-18-6-3-13-24-22(18)20/h2-3,5-11,13,15H,4,14,16H2,1H3,(H,26,28)/b25-15-. The van der Waals surface area contributed by atoms with E-state index in [1.165, 1.54) is 11.8 Å². The zero-order chi connectivity index (χ0) is 20.5. The van der Waals surface area contributed by atoms with E-state index in [9.17, 15) is 4.79 Å². The fraction of sp³-hybridized carbons (Fsp3) is 0.182. The summed E-state index contributed by atoms with van der Waals surface area (Å²) in [6.45, 7) is 0.684. The van der Waals surface area contributed by atoms with Crippen LogP contribution in [0.1, 0.15) is 12.0 Å². The van der Waals surface area contributed by atoms with Crippen LogP contribution in [-0.4, -0.2) is 36.5 Å². The number of nitrogens with zero attached hydrogens (tertiary/aromatic N) is 4. The summed E-state index contributed by atoms with van der Waals surface area (Å²) in [7, 11) is 1.95. The predicted octanol–water partition coefficient (Wildman–Crippen LogP) is 3.83. The van der Waals surface area contributed by atoms with Gasteiger partial charge in [-0.3, -0.25) is 9.78 Å². The molecule has 1 aromatic heterocycles. The summed E-state index contributed by atoms with van der Waals surface area (Å²) in [5.74, 6) is 0.0855. The number of benzene rings is 2. The van der Waals surface area contributed by atoms with Crippen molar-refractivity contribution in [2.45, 2.75) is 11.3 Å². The topological polar surface area (TPSA) is 81.4 Å². The summed E-state index contributed by atoms with van der Waals surface area (Å²) in [6, 6.07) is 19.7. The molecule has 3 rings (SSSR count). The predicted molar refractivity (Wildman–Crippen MR) is 118 cm³/mol. The Bertz CT molecular complexity index is 1040. The molecule has 0 radical (unpaired) electrons. The van der Waals surface area contributed by atoms with Gasteiger partial charge in [0, 0.05) is 35.8 Å². The van der Waals surface area contributed by atoms with Crippen molar-refractivity contribution in [3.63, 3.8) is 0 Å². The molecule has 0 spiro atoms. The maximum absolute atomic E-state index is 12.1. The van der Waals surface area contributed by atoms with Crippen LogP contribution in [-0.2, 0) is 4.79 Å². The van der Waals surface area contributed by atoms with Gasteiger partial charge in [-0.1, -0.05) is 30.3 Å². The normalized spacial score (nSPS) is 10.8. The zero-order valence-corrected chi connectivity index (χ0v) is 16.9. The number of fused-ring (bicyclic) bond motifs is 1. The van der Waals surface area contributed by atoms with Crippen molar-refractivity contribution in [3.8, 4) is 6.07 Å². The van der Waals surface area contributed by atoms with Gasteiger partial charge in [0.25, 0.3) is 0 Å². The molecule has 0 bridgehead atoms. The number of hydrogen-bond donors (Lipinski definition) is 1. The van der Waals surface area contributed by atoms with Gasteiger partial charge in [0.1, 0.15) is 0 Å².